The maximum absolute atomic E-state index is 12.0. The van der Waals surface area contributed by atoms with Crippen LogP contribution in [0.15, 0.2) is 24.3 Å². The third-order valence-corrected chi connectivity index (χ3v) is 3.82. The number of carbonyl (C=O) groups excluding carboxylic acids is 1. The predicted molar refractivity (Wildman–Crippen MR) is 80.6 cm³/mol. The molecule has 1 atom stereocenters. The van der Waals surface area contributed by atoms with E-state index in [1.165, 1.54) is 5.56 Å². The molecule has 0 bridgehead atoms. The summed E-state index contributed by atoms with van der Waals surface area (Å²) in [4.78, 5) is 14.3. The highest BCUT2D eigenvalue weighted by Crippen LogP contribution is 2.17. The number of anilines is 1. The average Bonchev–Trinajstić information content (AvgIpc) is 3.01. The molecule has 1 saturated heterocycles. The van der Waals surface area contributed by atoms with Gasteiger partial charge < -0.3 is 10.1 Å². The van der Waals surface area contributed by atoms with Crippen molar-refractivity contribution in [2.75, 3.05) is 31.6 Å². The molecule has 110 valence electrons. The highest BCUT2D eigenvalue weighted by molar-refractivity contribution is 5.92. The molecule has 2 rings (SSSR count). The molecule has 1 fully saturated rings. The molecule has 1 aromatic rings. The van der Waals surface area contributed by atoms with Gasteiger partial charge in [-0.15, -0.1) is 0 Å². The average molecular weight is 276 g/mol. The molecule has 0 spiro atoms. The topological polar surface area (TPSA) is 41.6 Å². The molecule has 1 aliphatic rings. The van der Waals surface area contributed by atoms with E-state index in [2.05, 4.69) is 36.2 Å². The number of benzene rings is 1. The first-order valence-corrected chi connectivity index (χ1v) is 7.42. The van der Waals surface area contributed by atoms with Gasteiger partial charge in [-0.25, -0.2) is 0 Å². The second kappa shape index (κ2) is 7.41. The molecular formula is C16H24N2O2. The third kappa shape index (κ3) is 4.05. The Labute approximate surface area is 121 Å². The van der Waals surface area contributed by atoms with Crippen LogP contribution in [0.25, 0.3) is 0 Å². The number of hydrogen-bond acceptors (Lipinski definition) is 3. The van der Waals surface area contributed by atoms with Crippen molar-refractivity contribution in [2.45, 2.75) is 26.8 Å². The Morgan fingerprint density at radius 3 is 2.55 bits per heavy atom. The summed E-state index contributed by atoms with van der Waals surface area (Å²) in [5.41, 5.74) is 2.14. The summed E-state index contributed by atoms with van der Waals surface area (Å²) in [6.07, 6.45) is 0.825. The molecule has 20 heavy (non-hydrogen) atoms. The maximum atomic E-state index is 12.0. The van der Waals surface area contributed by atoms with Gasteiger partial charge in [-0.3, -0.25) is 9.69 Å². The molecule has 1 unspecified atom stereocenters. The van der Waals surface area contributed by atoms with Gasteiger partial charge in [0, 0.05) is 18.8 Å². The molecule has 0 radical (unpaired) electrons. The van der Waals surface area contributed by atoms with E-state index >= 15 is 0 Å². The molecular weight excluding hydrogens is 252 g/mol. The van der Waals surface area contributed by atoms with Crippen LogP contribution in [-0.4, -0.2) is 37.1 Å². The number of nitrogens with one attached hydrogen (secondary N) is 1. The zero-order chi connectivity index (χ0) is 14.4. The van der Waals surface area contributed by atoms with Crippen molar-refractivity contribution in [1.29, 1.82) is 0 Å². The highest BCUT2D eigenvalue weighted by atomic mass is 16.5. The molecule has 4 nitrogen and oxygen atoms in total. The van der Waals surface area contributed by atoms with Crippen molar-refractivity contribution in [1.82, 2.24) is 4.90 Å². The lowest BCUT2D eigenvalue weighted by atomic mass is 10.1. The fourth-order valence-corrected chi connectivity index (χ4v) is 2.38. The van der Waals surface area contributed by atoms with E-state index in [9.17, 15) is 4.79 Å². The van der Waals surface area contributed by atoms with Crippen LogP contribution >= 0.6 is 0 Å². The number of nitrogens with zero attached hydrogens (tertiary/aromatic N) is 1. The van der Waals surface area contributed by atoms with E-state index in [1.54, 1.807) is 0 Å². The third-order valence-electron chi connectivity index (χ3n) is 3.82. The van der Waals surface area contributed by atoms with Crippen LogP contribution in [0.5, 0.6) is 0 Å². The van der Waals surface area contributed by atoms with Gasteiger partial charge in [0.15, 0.2) is 0 Å². The monoisotopic (exact) mass is 276 g/mol. The highest BCUT2D eigenvalue weighted by Gasteiger charge is 2.23. The Kier molecular flexibility index (Phi) is 5.56. The summed E-state index contributed by atoms with van der Waals surface area (Å²) < 4.78 is 5.24. The summed E-state index contributed by atoms with van der Waals surface area (Å²) >= 11 is 0. The van der Waals surface area contributed by atoms with Crippen LogP contribution in [-0.2, 0) is 16.1 Å². The maximum Gasteiger partial charge on any atom is 0.229 e. The van der Waals surface area contributed by atoms with Crippen LogP contribution in [0.1, 0.15) is 25.8 Å². The van der Waals surface area contributed by atoms with E-state index in [-0.39, 0.29) is 11.8 Å². The molecule has 0 saturated carbocycles. The van der Waals surface area contributed by atoms with Crippen molar-refractivity contribution in [3.63, 3.8) is 0 Å². The summed E-state index contributed by atoms with van der Waals surface area (Å²) in [6, 6.07) is 8.12. The van der Waals surface area contributed by atoms with Gasteiger partial charge in [0.1, 0.15) is 0 Å². The molecule has 1 amide bonds. The first-order valence-electron chi connectivity index (χ1n) is 7.42. The lowest BCUT2D eigenvalue weighted by molar-refractivity contribution is -0.119. The van der Waals surface area contributed by atoms with E-state index < -0.39 is 0 Å². The number of ether oxygens (including phenoxy) is 1. The van der Waals surface area contributed by atoms with Crippen molar-refractivity contribution in [3.05, 3.63) is 29.8 Å². The summed E-state index contributed by atoms with van der Waals surface area (Å²) in [5, 5.41) is 2.96. The Bertz CT molecular complexity index is 421. The van der Waals surface area contributed by atoms with Crippen LogP contribution < -0.4 is 5.32 Å². The van der Waals surface area contributed by atoms with Gasteiger partial charge in [-0.2, -0.15) is 0 Å². The zero-order valence-corrected chi connectivity index (χ0v) is 12.4. The van der Waals surface area contributed by atoms with Gasteiger partial charge in [-0.1, -0.05) is 26.0 Å². The van der Waals surface area contributed by atoms with Crippen LogP contribution in [0.2, 0.25) is 0 Å². The van der Waals surface area contributed by atoms with Crippen LogP contribution in [0.3, 0.4) is 0 Å². The second-order valence-electron chi connectivity index (χ2n) is 5.21. The lowest BCUT2D eigenvalue weighted by Gasteiger charge is -2.18. The Hall–Kier alpha value is -1.39. The van der Waals surface area contributed by atoms with Crippen molar-refractivity contribution in [3.8, 4) is 0 Å². The van der Waals surface area contributed by atoms with Crippen molar-refractivity contribution in [2.24, 2.45) is 5.92 Å². The fourth-order valence-electron chi connectivity index (χ4n) is 2.38. The first kappa shape index (κ1) is 15.0. The first-order chi connectivity index (χ1) is 9.72. The van der Waals surface area contributed by atoms with Gasteiger partial charge in [-0.05, 0) is 37.2 Å². The normalized spacial score (nSPS) is 18.4. The van der Waals surface area contributed by atoms with Crippen LogP contribution in [0, 0.1) is 5.92 Å². The quantitative estimate of drug-likeness (QED) is 0.868. The number of amides is 1. The van der Waals surface area contributed by atoms with E-state index in [4.69, 9.17) is 4.74 Å². The molecule has 0 aliphatic carbocycles. The minimum absolute atomic E-state index is 0.00495. The minimum Gasteiger partial charge on any atom is -0.381 e. The summed E-state index contributed by atoms with van der Waals surface area (Å²) in [6.45, 7) is 8.64. The van der Waals surface area contributed by atoms with E-state index in [0.29, 0.717) is 13.2 Å². The molecule has 4 heteroatoms. The smallest absolute Gasteiger partial charge is 0.229 e. The summed E-state index contributed by atoms with van der Waals surface area (Å²) in [5.74, 6) is 0.0735. The fraction of sp³-hybridized carbons (Fsp3) is 0.562. The SMILES string of the molecule is CCN(CC)Cc1ccc(NC(=O)C2CCOC2)cc1. The lowest BCUT2D eigenvalue weighted by Crippen LogP contribution is -2.23. The minimum atomic E-state index is 0.00495. The number of rotatable bonds is 6. The molecule has 0 aromatic heterocycles. The molecule has 1 aromatic carbocycles. The van der Waals surface area contributed by atoms with E-state index in [0.717, 1.165) is 31.7 Å². The standard InChI is InChI=1S/C16H24N2O2/c1-3-18(4-2)11-13-5-7-15(8-6-13)17-16(19)14-9-10-20-12-14/h5-8,14H,3-4,9-12H2,1-2H3,(H,17,19). The van der Waals surface area contributed by atoms with E-state index in [1.807, 2.05) is 12.1 Å². The molecule has 1 heterocycles. The molecule has 1 N–H and O–H groups in total. The van der Waals surface area contributed by atoms with Gasteiger partial charge in [0.2, 0.25) is 5.91 Å². The Morgan fingerprint density at radius 2 is 2.00 bits per heavy atom. The van der Waals surface area contributed by atoms with Crippen LogP contribution in [0.4, 0.5) is 5.69 Å². The van der Waals surface area contributed by atoms with Gasteiger partial charge in [0.05, 0.1) is 12.5 Å². The predicted octanol–water partition coefficient (Wildman–Crippen LogP) is 2.50. The van der Waals surface area contributed by atoms with Crippen molar-refractivity contribution < 1.29 is 9.53 Å². The molecule has 1 aliphatic heterocycles. The van der Waals surface area contributed by atoms with Crippen molar-refractivity contribution >= 4 is 11.6 Å². The Balaban J connectivity index is 1.89. The zero-order valence-electron chi connectivity index (χ0n) is 12.4. The van der Waals surface area contributed by atoms with Gasteiger partial charge >= 0.3 is 0 Å². The van der Waals surface area contributed by atoms with Gasteiger partial charge in [0.25, 0.3) is 0 Å². The largest absolute Gasteiger partial charge is 0.381 e. The Morgan fingerprint density at radius 1 is 1.30 bits per heavy atom. The second-order valence-corrected chi connectivity index (χ2v) is 5.21. The summed E-state index contributed by atoms with van der Waals surface area (Å²) in [7, 11) is 0. The number of carbonyl (C=O) groups is 1. The number of hydrogen-bond donors (Lipinski definition) is 1.